The molecule has 0 unspecified atom stereocenters. The van der Waals surface area contributed by atoms with Crippen LogP contribution in [0, 0.1) is 0 Å². The number of carbonyl (C=O) groups excluding carboxylic acids is 1. The standard InChI is InChI=1S/C12H17ClO5/c1-11(2,16)10-8(18-10)5-4-6(14)12(3,17)9(13)7(5)15/h4,7-10,15-17H,1-3H3/t7-,8+,9-,10-,12+/m1/s1. The third-order valence-corrected chi connectivity index (χ3v) is 4.13. The molecule has 0 aromatic carbocycles. The molecule has 1 fully saturated rings. The van der Waals surface area contributed by atoms with Crippen molar-refractivity contribution in [3.05, 3.63) is 11.6 Å². The lowest BCUT2D eigenvalue weighted by Gasteiger charge is -2.34. The summed E-state index contributed by atoms with van der Waals surface area (Å²) < 4.78 is 5.29. The van der Waals surface area contributed by atoms with Gasteiger partial charge in [0, 0.05) is 0 Å². The summed E-state index contributed by atoms with van der Waals surface area (Å²) in [5.41, 5.74) is -2.53. The monoisotopic (exact) mass is 276 g/mol. The zero-order valence-electron chi connectivity index (χ0n) is 10.4. The van der Waals surface area contributed by atoms with Crippen LogP contribution in [-0.4, -0.2) is 56.0 Å². The molecule has 2 rings (SSSR count). The number of hydrogen-bond donors (Lipinski definition) is 3. The Labute approximate surface area is 110 Å². The second kappa shape index (κ2) is 4.02. The van der Waals surface area contributed by atoms with E-state index in [1.54, 1.807) is 13.8 Å². The maximum Gasteiger partial charge on any atom is 0.188 e. The summed E-state index contributed by atoms with van der Waals surface area (Å²) in [6.07, 6.45) is -1.00. The largest absolute Gasteiger partial charge is 0.388 e. The van der Waals surface area contributed by atoms with E-state index in [9.17, 15) is 20.1 Å². The third-order valence-electron chi connectivity index (χ3n) is 3.47. The van der Waals surface area contributed by atoms with Gasteiger partial charge in [-0.2, -0.15) is 0 Å². The van der Waals surface area contributed by atoms with Crippen LogP contribution in [0.4, 0.5) is 0 Å². The van der Waals surface area contributed by atoms with Gasteiger partial charge in [-0.15, -0.1) is 11.6 Å². The summed E-state index contributed by atoms with van der Waals surface area (Å²) in [5, 5.41) is 28.5. The Hall–Kier alpha value is -0.460. The van der Waals surface area contributed by atoms with Gasteiger partial charge < -0.3 is 20.1 Å². The summed E-state index contributed by atoms with van der Waals surface area (Å²) in [4.78, 5) is 11.7. The second-order valence-electron chi connectivity index (χ2n) is 5.63. The van der Waals surface area contributed by atoms with Crippen molar-refractivity contribution in [2.24, 2.45) is 0 Å². The average molecular weight is 277 g/mol. The first-order valence-corrected chi connectivity index (χ1v) is 6.18. The van der Waals surface area contributed by atoms with Gasteiger partial charge in [0.05, 0.1) is 17.1 Å². The molecule has 1 aliphatic carbocycles. The zero-order valence-corrected chi connectivity index (χ0v) is 11.2. The summed E-state index contributed by atoms with van der Waals surface area (Å²) in [5.74, 6) is -0.562. The summed E-state index contributed by atoms with van der Waals surface area (Å²) in [6.45, 7) is 4.44. The minimum absolute atomic E-state index is 0.318. The van der Waals surface area contributed by atoms with Crippen LogP contribution >= 0.6 is 11.6 Å². The molecule has 0 aromatic heterocycles. The van der Waals surface area contributed by atoms with Crippen LogP contribution in [0.2, 0.25) is 0 Å². The Morgan fingerprint density at radius 2 is 2.06 bits per heavy atom. The van der Waals surface area contributed by atoms with Crippen molar-refractivity contribution < 1.29 is 24.9 Å². The van der Waals surface area contributed by atoms with Gasteiger partial charge in [-0.3, -0.25) is 4.79 Å². The van der Waals surface area contributed by atoms with Crippen LogP contribution in [-0.2, 0) is 9.53 Å². The lowest BCUT2D eigenvalue weighted by molar-refractivity contribution is -0.133. The molecule has 0 bridgehead atoms. The van der Waals surface area contributed by atoms with Gasteiger partial charge >= 0.3 is 0 Å². The first-order valence-electron chi connectivity index (χ1n) is 5.75. The zero-order chi connectivity index (χ0) is 13.9. The minimum atomic E-state index is -1.79. The Kier molecular flexibility index (Phi) is 3.11. The van der Waals surface area contributed by atoms with Crippen molar-refractivity contribution >= 4 is 17.4 Å². The normalized spacial score (nSPS) is 44.8. The average Bonchev–Trinajstić information content (AvgIpc) is 3.00. The van der Waals surface area contributed by atoms with E-state index in [4.69, 9.17) is 16.3 Å². The molecule has 2 aliphatic rings. The predicted molar refractivity (Wildman–Crippen MR) is 64.3 cm³/mol. The van der Waals surface area contributed by atoms with E-state index in [1.165, 1.54) is 13.0 Å². The van der Waals surface area contributed by atoms with Gasteiger partial charge in [0.15, 0.2) is 5.78 Å². The van der Waals surface area contributed by atoms with Crippen molar-refractivity contribution in [3.8, 4) is 0 Å². The first-order chi connectivity index (χ1) is 8.06. The highest BCUT2D eigenvalue weighted by Crippen LogP contribution is 2.42. The van der Waals surface area contributed by atoms with Crippen LogP contribution in [0.5, 0.6) is 0 Å². The van der Waals surface area contributed by atoms with E-state index in [1.807, 2.05) is 0 Å². The number of hydrogen-bond acceptors (Lipinski definition) is 5. The number of alkyl halides is 1. The van der Waals surface area contributed by atoms with Gasteiger partial charge in [-0.1, -0.05) is 0 Å². The van der Waals surface area contributed by atoms with E-state index in [-0.39, 0.29) is 0 Å². The molecule has 5 nitrogen and oxygen atoms in total. The fourth-order valence-electron chi connectivity index (χ4n) is 2.15. The molecule has 0 spiro atoms. The molecular formula is C12H17ClO5. The molecule has 3 N–H and O–H groups in total. The molecule has 1 aliphatic heterocycles. The van der Waals surface area contributed by atoms with Gasteiger partial charge in [0.1, 0.15) is 17.8 Å². The van der Waals surface area contributed by atoms with E-state index < -0.39 is 40.7 Å². The summed E-state index contributed by atoms with van der Waals surface area (Å²) in [7, 11) is 0. The van der Waals surface area contributed by atoms with Crippen molar-refractivity contribution in [1.82, 2.24) is 0 Å². The molecular weight excluding hydrogens is 260 g/mol. The number of ether oxygens (including phenoxy) is 1. The Balaban J connectivity index is 2.24. The van der Waals surface area contributed by atoms with Gasteiger partial charge in [-0.05, 0) is 32.4 Å². The molecule has 0 amide bonds. The molecule has 6 heteroatoms. The molecule has 1 saturated heterocycles. The van der Waals surface area contributed by atoms with Gasteiger partial charge in [-0.25, -0.2) is 0 Å². The maximum absolute atomic E-state index is 11.7. The molecule has 5 atom stereocenters. The SMILES string of the molecule is CC(C)(O)[C@@H]1O[C@H]1C1=CC(=O)[C@](C)(O)[C@H](Cl)[C@@H]1O. The smallest absolute Gasteiger partial charge is 0.188 e. The van der Waals surface area contributed by atoms with E-state index in [0.29, 0.717) is 5.57 Å². The fourth-order valence-corrected chi connectivity index (χ4v) is 2.40. The number of aliphatic hydroxyl groups is 3. The third kappa shape index (κ3) is 2.10. The van der Waals surface area contributed by atoms with Gasteiger partial charge in [0.25, 0.3) is 0 Å². The van der Waals surface area contributed by atoms with Crippen LogP contribution in [0.25, 0.3) is 0 Å². The van der Waals surface area contributed by atoms with Crippen LogP contribution < -0.4 is 0 Å². The van der Waals surface area contributed by atoms with Gasteiger partial charge in [0.2, 0.25) is 0 Å². The first kappa shape index (κ1) is 14.0. The van der Waals surface area contributed by atoms with Crippen molar-refractivity contribution in [2.45, 2.75) is 55.7 Å². The summed E-state index contributed by atoms with van der Waals surface area (Å²) in [6, 6.07) is 0. The van der Waals surface area contributed by atoms with Crippen LogP contribution in [0.15, 0.2) is 11.6 Å². The highest BCUT2D eigenvalue weighted by molar-refractivity contribution is 6.25. The molecule has 0 saturated carbocycles. The molecule has 18 heavy (non-hydrogen) atoms. The van der Waals surface area contributed by atoms with Crippen LogP contribution in [0.1, 0.15) is 20.8 Å². The Bertz CT molecular complexity index is 409. The lowest BCUT2D eigenvalue weighted by Crippen LogP contribution is -2.53. The lowest BCUT2D eigenvalue weighted by atomic mass is 9.81. The quantitative estimate of drug-likeness (QED) is 0.478. The van der Waals surface area contributed by atoms with E-state index >= 15 is 0 Å². The molecule has 102 valence electrons. The van der Waals surface area contributed by atoms with E-state index in [2.05, 4.69) is 0 Å². The highest BCUT2D eigenvalue weighted by atomic mass is 35.5. The highest BCUT2D eigenvalue weighted by Gasteiger charge is 2.56. The maximum atomic E-state index is 11.7. The summed E-state index contributed by atoms with van der Waals surface area (Å²) >= 11 is 5.90. The van der Waals surface area contributed by atoms with Crippen LogP contribution in [0.3, 0.4) is 0 Å². The number of carbonyl (C=O) groups is 1. The van der Waals surface area contributed by atoms with Crippen molar-refractivity contribution in [1.29, 1.82) is 0 Å². The van der Waals surface area contributed by atoms with E-state index in [0.717, 1.165) is 0 Å². The topological polar surface area (TPSA) is 90.3 Å². The van der Waals surface area contributed by atoms with Crippen molar-refractivity contribution in [2.75, 3.05) is 0 Å². The Morgan fingerprint density at radius 1 is 1.50 bits per heavy atom. The number of ketones is 1. The number of rotatable bonds is 2. The molecule has 0 radical (unpaired) electrons. The molecule has 1 heterocycles. The van der Waals surface area contributed by atoms with Crippen molar-refractivity contribution in [3.63, 3.8) is 0 Å². The number of aliphatic hydroxyl groups excluding tert-OH is 1. The number of epoxide rings is 1. The number of halogens is 1. The predicted octanol–water partition coefficient (Wildman–Crippen LogP) is -0.247. The molecule has 0 aromatic rings. The fraction of sp³-hybridized carbons (Fsp3) is 0.750. The Morgan fingerprint density at radius 3 is 2.50 bits per heavy atom. The minimum Gasteiger partial charge on any atom is -0.388 e. The second-order valence-corrected chi connectivity index (χ2v) is 6.10.